The first-order chi connectivity index (χ1) is 13.2. The van der Waals surface area contributed by atoms with Crippen LogP contribution in [0.5, 0.6) is 5.75 Å². The van der Waals surface area contributed by atoms with E-state index in [1.165, 1.54) is 0 Å². The summed E-state index contributed by atoms with van der Waals surface area (Å²) in [4.78, 5) is 0. The lowest BCUT2D eigenvalue weighted by Gasteiger charge is -2.15. The summed E-state index contributed by atoms with van der Waals surface area (Å²) < 4.78 is 5.97. The van der Waals surface area contributed by atoms with Gasteiger partial charge in [-0.1, -0.05) is 48.5 Å². The van der Waals surface area contributed by atoms with Gasteiger partial charge < -0.3 is 10.1 Å². The Bertz CT molecular complexity index is 880. The average molecular weight is 375 g/mol. The molecule has 0 heterocycles. The molecule has 27 heavy (non-hydrogen) atoms. The standard InChI is InChI=1S/C22H21N3OS/c1-17(19-8-4-2-5-9-19)26-21-14-12-18(13-15-21)16-23-25-22(27)24-20-10-6-3-7-11-20/h2-17H,1H3,(H2,24,25,27)/b23-16-/t17-/m0/s1. The Balaban J connectivity index is 1.50. The molecule has 3 aromatic rings. The second-order valence-corrected chi connectivity index (χ2v) is 6.34. The van der Waals surface area contributed by atoms with Crippen LogP contribution < -0.4 is 15.5 Å². The maximum atomic E-state index is 5.97. The topological polar surface area (TPSA) is 45.6 Å². The van der Waals surface area contributed by atoms with Gasteiger partial charge in [-0.15, -0.1) is 0 Å². The summed E-state index contributed by atoms with van der Waals surface area (Å²) in [5.74, 6) is 0.817. The number of hydrogen-bond donors (Lipinski definition) is 2. The van der Waals surface area contributed by atoms with Crippen molar-refractivity contribution in [3.05, 3.63) is 96.1 Å². The molecular weight excluding hydrogens is 354 g/mol. The van der Waals surface area contributed by atoms with Gasteiger partial charge in [0.05, 0.1) is 6.21 Å². The van der Waals surface area contributed by atoms with E-state index >= 15 is 0 Å². The van der Waals surface area contributed by atoms with E-state index in [-0.39, 0.29) is 6.10 Å². The smallest absolute Gasteiger partial charge is 0.191 e. The molecule has 3 aromatic carbocycles. The fourth-order valence-corrected chi connectivity index (χ4v) is 2.65. The van der Waals surface area contributed by atoms with Crippen LogP contribution in [0.25, 0.3) is 0 Å². The number of para-hydroxylation sites is 1. The van der Waals surface area contributed by atoms with Crippen LogP contribution in [0.15, 0.2) is 90.0 Å². The highest BCUT2D eigenvalue weighted by Crippen LogP contribution is 2.21. The Morgan fingerprint density at radius 1 is 0.926 bits per heavy atom. The lowest BCUT2D eigenvalue weighted by Crippen LogP contribution is -2.23. The maximum absolute atomic E-state index is 5.97. The Hall–Kier alpha value is -3.18. The molecule has 0 aliphatic heterocycles. The lowest BCUT2D eigenvalue weighted by atomic mass is 10.1. The Kier molecular flexibility index (Phi) is 6.55. The fraction of sp³-hybridized carbons (Fsp3) is 0.0909. The van der Waals surface area contributed by atoms with E-state index < -0.39 is 0 Å². The van der Waals surface area contributed by atoms with E-state index in [9.17, 15) is 0 Å². The molecule has 0 saturated carbocycles. The van der Waals surface area contributed by atoms with Crippen molar-refractivity contribution in [3.8, 4) is 5.75 Å². The van der Waals surface area contributed by atoms with Crippen LogP contribution in [-0.2, 0) is 0 Å². The summed E-state index contributed by atoms with van der Waals surface area (Å²) in [5, 5.41) is 7.66. The molecule has 5 heteroatoms. The minimum absolute atomic E-state index is 0.00572. The molecule has 0 amide bonds. The van der Waals surface area contributed by atoms with Crippen molar-refractivity contribution in [1.29, 1.82) is 0 Å². The normalized spacial score (nSPS) is 11.7. The molecule has 3 rings (SSSR count). The lowest BCUT2D eigenvalue weighted by molar-refractivity contribution is 0.227. The molecule has 2 N–H and O–H groups in total. The number of nitrogens with one attached hydrogen (secondary N) is 2. The number of thiocarbonyl (C=S) groups is 1. The van der Waals surface area contributed by atoms with E-state index in [0.29, 0.717) is 5.11 Å². The first-order valence-corrected chi connectivity index (χ1v) is 9.08. The third-order valence-electron chi connectivity index (χ3n) is 3.87. The van der Waals surface area contributed by atoms with Gasteiger partial charge in [0.2, 0.25) is 0 Å². The highest BCUT2D eigenvalue weighted by molar-refractivity contribution is 7.80. The van der Waals surface area contributed by atoms with Crippen LogP contribution in [0, 0.1) is 0 Å². The van der Waals surface area contributed by atoms with Gasteiger partial charge in [0.1, 0.15) is 11.9 Å². The SMILES string of the molecule is C[C@H](Oc1ccc(/C=N\NC(=S)Nc2ccccc2)cc1)c1ccccc1. The van der Waals surface area contributed by atoms with Crippen LogP contribution in [0.2, 0.25) is 0 Å². The monoisotopic (exact) mass is 375 g/mol. The van der Waals surface area contributed by atoms with Crippen molar-refractivity contribution in [2.24, 2.45) is 5.10 Å². The van der Waals surface area contributed by atoms with Crippen LogP contribution in [0.1, 0.15) is 24.2 Å². The number of rotatable bonds is 6. The zero-order valence-electron chi connectivity index (χ0n) is 15.0. The van der Waals surface area contributed by atoms with Crippen molar-refractivity contribution >= 4 is 29.2 Å². The fourth-order valence-electron chi connectivity index (χ4n) is 2.47. The molecule has 136 valence electrons. The van der Waals surface area contributed by atoms with Crippen molar-refractivity contribution < 1.29 is 4.74 Å². The third-order valence-corrected chi connectivity index (χ3v) is 4.07. The zero-order chi connectivity index (χ0) is 18.9. The number of hydrogen-bond acceptors (Lipinski definition) is 3. The molecule has 0 radical (unpaired) electrons. The molecule has 0 bridgehead atoms. The maximum Gasteiger partial charge on any atom is 0.191 e. The summed E-state index contributed by atoms with van der Waals surface area (Å²) in [6.07, 6.45) is 1.71. The second-order valence-electron chi connectivity index (χ2n) is 5.93. The molecule has 0 fully saturated rings. The van der Waals surface area contributed by atoms with Crippen molar-refractivity contribution in [1.82, 2.24) is 5.43 Å². The van der Waals surface area contributed by atoms with Gasteiger partial charge in [-0.05, 0) is 66.7 Å². The van der Waals surface area contributed by atoms with Gasteiger partial charge >= 0.3 is 0 Å². The minimum atomic E-state index is -0.00572. The molecule has 0 aromatic heterocycles. The van der Waals surface area contributed by atoms with Gasteiger partial charge in [0.25, 0.3) is 0 Å². The third kappa shape index (κ3) is 5.94. The molecule has 4 nitrogen and oxygen atoms in total. The molecular formula is C22H21N3OS. The quantitative estimate of drug-likeness (QED) is 0.355. The van der Waals surface area contributed by atoms with E-state index in [4.69, 9.17) is 17.0 Å². The van der Waals surface area contributed by atoms with Crippen molar-refractivity contribution in [3.63, 3.8) is 0 Å². The molecule has 0 spiro atoms. The predicted octanol–water partition coefficient (Wildman–Crippen LogP) is 5.15. The number of anilines is 1. The van der Waals surface area contributed by atoms with Gasteiger partial charge in [0.15, 0.2) is 5.11 Å². The van der Waals surface area contributed by atoms with Gasteiger partial charge in [0, 0.05) is 5.69 Å². The van der Waals surface area contributed by atoms with E-state index in [1.807, 2.05) is 79.7 Å². The Labute approximate surface area is 164 Å². The number of nitrogens with zero attached hydrogens (tertiary/aromatic N) is 1. The molecule has 0 unspecified atom stereocenters. The number of benzene rings is 3. The molecule has 1 atom stereocenters. The van der Waals surface area contributed by atoms with Crippen molar-refractivity contribution in [2.75, 3.05) is 5.32 Å². The summed E-state index contributed by atoms with van der Waals surface area (Å²) in [7, 11) is 0. The van der Waals surface area contributed by atoms with E-state index in [2.05, 4.69) is 28.0 Å². The number of hydrazone groups is 1. The molecule has 0 aliphatic carbocycles. The predicted molar refractivity (Wildman–Crippen MR) is 115 cm³/mol. The van der Waals surface area contributed by atoms with Crippen LogP contribution in [0.3, 0.4) is 0 Å². The number of ether oxygens (including phenoxy) is 1. The first kappa shape index (κ1) is 18.6. The molecule has 0 saturated heterocycles. The Morgan fingerprint density at radius 3 is 2.22 bits per heavy atom. The highest BCUT2D eigenvalue weighted by Gasteiger charge is 2.06. The second kappa shape index (κ2) is 9.50. The summed E-state index contributed by atoms with van der Waals surface area (Å²) in [5.41, 5.74) is 5.82. The highest BCUT2D eigenvalue weighted by atomic mass is 32.1. The van der Waals surface area contributed by atoms with Gasteiger partial charge in [-0.2, -0.15) is 5.10 Å². The van der Waals surface area contributed by atoms with Gasteiger partial charge in [-0.25, -0.2) is 0 Å². The van der Waals surface area contributed by atoms with E-state index in [0.717, 1.165) is 22.6 Å². The van der Waals surface area contributed by atoms with E-state index in [1.54, 1.807) is 6.21 Å². The van der Waals surface area contributed by atoms with Crippen LogP contribution in [-0.4, -0.2) is 11.3 Å². The summed E-state index contributed by atoms with van der Waals surface area (Å²) >= 11 is 5.21. The van der Waals surface area contributed by atoms with Crippen molar-refractivity contribution in [2.45, 2.75) is 13.0 Å². The summed E-state index contributed by atoms with van der Waals surface area (Å²) in [6, 6.07) is 27.6. The average Bonchev–Trinajstić information content (AvgIpc) is 2.71. The minimum Gasteiger partial charge on any atom is -0.486 e. The summed E-state index contributed by atoms with van der Waals surface area (Å²) in [6.45, 7) is 2.04. The van der Waals surface area contributed by atoms with Crippen LogP contribution in [0.4, 0.5) is 5.69 Å². The largest absolute Gasteiger partial charge is 0.486 e. The Morgan fingerprint density at radius 2 is 1.56 bits per heavy atom. The zero-order valence-corrected chi connectivity index (χ0v) is 15.8. The molecule has 0 aliphatic rings. The van der Waals surface area contributed by atoms with Gasteiger partial charge in [-0.3, -0.25) is 5.43 Å². The van der Waals surface area contributed by atoms with Crippen LogP contribution >= 0.6 is 12.2 Å². The first-order valence-electron chi connectivity index (χ1n) is 8.67.